The Morgan fingerprint density at radius 3 is 2.74 bits per heavy atom. The number of likely N-dealkylation sites (tertiary alicyclic amines) is 1. The second-order valence-corrected chi connectivity index (χ2v) is 9.26. The van der Waals surface area contributed by atoms with Crippen LogP contribution in [0.1, 0.15) is 41.5 Å². The molecule has 0 unspecified atom stereocenters. The number of pyridine rings is 1. The molecule has 1 amide bonds. The molecule has 1 atom stereocenters. The van der Waals surface area contributed by atoms with E-state index in [0.717, 1.165) is 34.7 Å². The predicted octanol–water partition coefficient (Wildman–Crippen LogP) is 2.60. The molecule has 0 aromatic carbocycles. The summed E-state index contributed by atoms with van der Waals surface area (Å²) in [5, 5.41) is 0. The van der Waals surface area contributed by atoms with Crippen molar-refractivity contribution in [3.63, 3.8) is 0 Å². The van der Waals surface area contributed by atoms with E-state index >= 15 is 0 Å². The quantitative estimate of drug-likeness (QED) is 0.594. The first-order valence-corrected chi connectivity index (χ1v) is 11.8. The van der Waals surface area contributed by atoms with Crippen LogP contribution in [0.15, 0.2) is 29.4 Å². The van der Waals surface area contributed by atoms with Crippen LogP contribution in [-0.2, 0) is 11.3 Å². The molecule has 35 heavy (non-hydrogen) atoms. The van der Waals surface area contributed by atoms with Gasteiger partial charge in [0.2, 0.25) is 0 Å². The fraction of sp³-hybridized carbons (Fsp3) is 0.542. The van der Waals surface area contributed by atoms with Crippen LogP contribution in [0, 0.1) is 5.92 Å². The van der Waals surface area contributed by atoms with Crippen LogP contribution in [0.5, 0.6) is 6.01 Å². The van der Waals surface area contributed by atoms with E-state index in [1.807, 2.05) is 6.07 Å². The zero-order valence-corrected chi connectivity index (χ0v) is 19.8. The fourth-order valence-electron chi connectivity index (χ4n) is 4.78. The van der Waals surface area contributed by atoms with Gasteiger partial charge in [-0.1, -0.05) is 0 Å². The molecule has 2 fully saturated rings. The van der Waals surface area contributed by atoms with Crippen LogP contribution in [0.4, 0.5) is 14.6 Å². The van der Waals surface area contributed by atoms with Crippen LogP contribution in [-0.4, -0.2) is 83.4 Å². The molecule has 186 valence electrons. The Hall–Kier alpha value is -3.21. The molecule has 2 saturated heterocycles. The molecule has 0 radical (unpaired) electrons. The number of hydrogen-bond donors (Lipinski definition) is 0. The minimum atomic E-state index is -2.85. The summed E-state index contributed by atoms with van der Waals surface area (Å²) in [6, 6.07) is 5.62. The summed E-state index contributed by atoms with van der Waals surface area (Å²) in [4.78, 5) is 33.9. The molecule has 9 nitrogen and oxygen atoms in total. The average Bonchev–Trinajstić information content (AvgIpc) is 3.26. The van der Waals surface area contributed by atoms with Crippen molar-refractivity contribution in [3.05, 3.63) is 41.3 Å². The molecule has 0 bridgehead atoms. The van der Waals surface area contributed by atoms with Crippen LogP contribution in [0.25, 0.3) is 0 Å². The van der Waals surface area contributed by atoms with Crippen LogP contribution in [0.2, 0.25) is 0 Å². The highest BCUT2D eigenvalue weighted by molar-refractivity contribution is 6.04. The standard InChI is InChI=1S/C24H28F2N6O3/c1-15(12-34-2)35-23-29-18(22(33)32-13-24(25,26)14-32)10-20(30-23)31-8-5-16(6-9-31)21-17-4-3-7-27-19(17)11-28-21/h3-4,7,10,15-16H,5-6,8-9,11-14H2,1-2H3/t15-/m1/s1. The monoisotopic (exact) mass is 486 g/mol. The number of anilines is 1. The number of fused-ring (bicyclic) bond motifs is 1. The first kappa shape index (κ1) is 23.5. The molecule has 0 aliphatic carbocycles. The minimum Gasteiger partial charge on any atom is -0.458 e. The van der Waals surface area contributed by atoms with Gasteiger partial charge in [-0.25, -0.2) is 8.78 Å². The van der Waals surface area contributed by atoms with E-state index in [1.54, 1.807) is 26.3 Å². The van der Waals surface area contributed by atoms with Gasteiger partial charge in [-0.05, 0) is 31.9 Å². The summed E-state index contributed by atoms with van der Waals surface area (Å²) < 4.78 is 37.6. The number of aliphatic imine (C=N–C) groups is 1. The average molecular weight is 487 g/mol. The van der Waals surface area contributed by atoms with Crippen LogP contribution >= 0.6 is 0 Å². The third kappa shape index (κ3) is 4.95. The lowest BCUT2D eigenvalue weighted by Crippen LogP contribution is -2.58. The fourth-order valence-corrected chi connectivity index (χ4v) is 4.78. The van der Waals surface area contributed by atoms with Crippen molar-refractivity contribution in [1.82, 2.24) is 19.9 Å². The highest BCUT2D eigenvalue weighted by Crippen LogP contribution is 2.31. The van der Waals surface area contributed by atoms with Crippen LogP contribution < -0.4 is 9.64 Å². The summed E-state index contributed by atoms with van der Waals surface area (Å²) in [5.74, 6) is -2.54. The third-order valence-corrected chi connectivity index (χ3v) is 6.52. The largest absolute Gasteiger partial charge is 0.458 e. The van der Waals surface area contributed by atoms with Gasteiger partial charge in [0.25, 0.3) is 11.8 Å². The second kappa shape index (κ2) is 9.44. The third-order valence-electron chi connectivity index (χ3n) is 6.52. The summed E-state index contributed by atoms with van der Waals surface area (Å²) in [5.41, 5.74) is 3.32. The van der Waals surface area contributed by atoms with E-state index in [9.17, 15) is 13.6 Å². The number of aromatic nitrogens is 3. The topological polar surface area (TPSA) is 93.0 Å². The number of carbonyl (C=O) groups is 1. The first-order valence-electron chi connectivity index (χ1n) is 11.8. The lowest BCUT2D eigenvalue weighted by atomic mass is 9.88. The van der Waals surface area contributed by atoms with E-state index in [-0.39, 0.29) is 17.8 Å². The zero-order valence-electron chi connectivity index (χ0n) is 19.8. The Kier molecular flexibility index (Phi) is 6.35. The number of nitrogens with zero attached hydrogens (tertiary/aromatic N) is 6. The summed E-state index contributed by atoms with van der Waals surface area (Å²) >= 11 is 0. The zero-order chi connectivity index (χ0) is 24.6. The normalized spacial score (nSPS) is 20.2. The van der Waals surface area contributed by atoms with Crippen molar-refractivity contribution in [1.29, 1.82) is 0 Å². The number of amides is 1. The van der Waals surface area contributed by atoms with Crippen molar-refractivity contribution in [2.24, 2.45) is 10.9 Å². The second-order valence-electron chi connectivity index (χ2n) is 9.26. The van der Waals surface area contributed by atoms with Gasteiger partial charge in [-0.2, -0.15) is 9.97 Å². The van der Waals surface area contributed by atoms with Crippen molar-refractivity contribution in [2.45, 2.75) is 38.3 Å². The van der Waals surface area contributed by atoms with E-state index in [1.165, 1.54) is 0 Å². The molecule has 0 saturated carbocycles. The SMILES string of the molecule is COC[C@@H](C)Oc1nc(C(=O)N2CC(F)(F)C2)cc(N2CCC(C3=NCc4ncccc43)CC2)n1. The summed E-state index contributed by atoms with van der Waals surface area (Å²) in [7, 11) is 1.56. The number of piperidine rings is 1. The minimum absolute atomic E-state index is 0.0324. The van der Waals surface area contributed by atoms with Crippen molar-refractivity contribution in [3.8, 4) is 6.01 Å². The molecule has 11 heteroatoms. The van der Waals surface area contributed by atoms with E-state index < -0.39 is 24.9 Å². The Balaban J connectivity index is 1.32. The van der Waals surface area contributed by atoms with Crippen molar-refractivity contribution in [2.75, 3.05) is 44.8 Å². The molecule has 5 rings (SSSR count). The molecule has 0 N–H and O–H groups in total. The molecule has 2 aromatic rings. The van der Waals surface area contributed by atoms with E-state index in [2.05, 4.69) is 25.9 Å². The van der Waals surface area contributed by atoms with Crippen molar-refractivity contribution < 1.29 is 23.0 Å². The van der Waals surface area contributed by atoms with Crippen LogP contribution in [0.3, 0.4) is 0 Å². The maximum absolute atomic E-state index is 13.3. The maximum atomic E-state index is 13.3. The number of carbonyl (C=O) groups excluding carboxylic acids is 1. The van der Waals surface area contributed by atoms with Crippen molar-refractivity contribution >= 4 is 17.4 Å². The van der Waals surface area contributed by atoms with Gasteiger partial charge in [0, 0.05) is 49.7 Å². The lowest BCUT2D eigenvalue weighted by Gasteiger charge is -2.38. The lowest BCUT2D eigenvalue weighted by molar-refractivity contribution is -0.113. The van der Waals surface area contributed by atoms with Gasteiger partial charge < -0.3 is 19.3 Å². The first-order chi connectivity index (χ1) is 16.8. The Bertz CT molecular complexity index is 1130. The van der Waals surface area contributed by atoms with Gasteiger partial charge in [-0.3, -0.25) is 14.8 Å². The maximum Gasteiger partial charge on any atom is 0.319 e. The number of halogens is 2. The van der Waals surface area contributed by atoms with E-state index in [0.29, 0.717) is 38.0 Å². The molecule has 0 spiro atoms. The number of ether oxygens (including phenoxy) is 2. The Morgan fingerprint density at radius 1 is 1.26 bits per heavy atom. The van der Waals surface area contributed by atoms with Gasteiger partial charge in [-0.15, -0.1) is 0 Å². The molecule has 3 aliphatic heterocycles. The van der Waals surface area contributed by atoms with Gasteiger partial charge in [0.1, 0.15) is 17.6 Å². The number of hydrogen-bond acceptors (Lipinski definition) is 8. The number of alkyl halides is 2. The van der Waals surface area contributed by atoms with Gasteiger partial charge >= 0.3 is 6.01 Å². The molecule has 2 aromatic heterocycles. The van der Waals surface area contributed by atoms with Gasteiger partial charge in [0.05, 0.1) is 31.9 Å². The molecule has 5 heterocycles. The van der Waals surface area contributed by atoms with Gasteiger partial charge in [0.15, 0.2) is 0 Å². The molecule has 3 aliphatic rings. The summed E-state index contributed by atoms with van der Waals surface area (Å²) in [6.07, 6.45) is 3.19. The number of rotatable bonds is 7. The Labute approximate surface area is 202 Å². The predicted molar refractivity (Wildman–Crippen MR) is 124 cm³/mol. The smallest absolute Gasteiger partial charge is 0.319 e. The highest BCUT2D eigenvalue weighted by atomic mass is 19.3. The highest BCUT2D eigenvalue weighted by Gasteiger charge is 2.47. The Morgan fingerprint density at radius 2 is 2.03 bits per heavy atom. The van der Waals surface area contributed by atoms with E-state index in [4.69, 9.17) is 14.5 Å². The molecular formula is C24H28F2N6O3. The summed E-state index contributed by atoms with van der Waals surface area (Å²) in [6.45, 7) is 2.95. The molecular weight excluding hydrogens is 458 g/mol. The number of methoxy groups -OCH3 is 1.